The van der Waals surface area contributed by atoms with Gasteiger partial charge in [0.25, 0.3) is 0 Å². The number of anilines is 6. The molecule has 26 rings (SSSR count). The summed E-state index contributed by atoms with van der Waals surface area (Å²) in [6, 6.07) is 190. The second-order valence-electron chi connectivity index (χ2n) is 34.7. The van der Waals surface area contributed by atoms with E-state index in [0.717, 1.165) is 51.2 Å². The van der Waals surface area contributed by atoms with E-state index in [1.54, 1.807) is 0 Å². The smallest absolute Gasteiger partial charge is 0.0541 e. The normalized spacial score (nSPS) is 11.6. The number of benzene rings is 22. The van der Waals surface area contributed by atoms with Crippen LogP contribution < -0.4 is 9.80 Å². The highest BCUT2D eigenvalue weighted by Gasteiger charge is 2.24. The number of aromatic nitrogens is 4. The van der Waals surface area contributed by atoms with E-state index >= 15 is 0 Å². The van der Waals surface area contributed by atoms with Crippen molar-refractivity contribution in [3.63, 3.8) is 0 Å². The molecular weight excluding hydrogens is 1620 g/mol. The Morgan fingerprint density at radius 3 is 0.657 bits per heavy atom. The number of para-hydroxylation sites is 6. The molecule has 134 heavy (non-hydrogen) atoms. The molecule has 0 radical (unpaired) electrons. The van der Waals surface area contributed by atoms with Gasteiger partial charge in [0.1, 0.15) is 0 Å². The predicted octanol–water partition coefficient (Wildman–Crippen LogP) is 35.0. The minimum absolute atomic E-state index is 1.08. The zero-order valence-corrected chi connectivity index (χ0v) is 73.3. The van der Waals surface area contributed by atoms with Gasteiger partial charge < -0.3 is 28.1 Å². The minimum atomic E-state index is 1.08. The van der Waals surface area contributed by atoms with E-state index < -0.39 is 0 Å². The first-order valence-electron chi connectivity index (χ1n) is 46.0. The van der Waals surface area contributed by atoms with Crippen molar-refractivity contribution in [3.8, 4) is 89.5 Å². The number of fused-ring (bicyclic) bond motifs is 14. The maximum atomic E-state index is 2.43. The summed E-state index contributed by atoms with van der Waals surface area (Å²) in [6.07, 6.45) is 0. The van der Waals surface area contributed by atoms with Crippen molar-refractivity contribution in [2.24, 2.45) is 0 Å². The summed E-state index contributed by atoms with van der Waals surface area (Å²) in [5.74, 6) is 0. The summed E-state index contributed by atoms with van der Waals surface area (Å²) < 4.78 is 9.58. The van der Waals surface area contributed by atoms with E-state index in [9.17, 15) is 0 Å². The van der Waals surface area contributed by atoms with Gasteiger partial charge >= 0.3 is 0 Å². The van der Waals surface area contributed by atoms with Crippen molar-refractivity contribution in [3.05, 3.63) is 522 Å². The van der Waals surface area contributed by atoms with Crippen molar-refractivity contribution >= 4 is 143 Å². The molecule has 0 spiro atoms. The molecule has 0 amide bonds. The van der Waals surface area contributed by atoms with E-state index in [1.807, 2.05) is 0 Å². The quantitative estimate of drug-likeness (QED) is 0.0964. The van der Waals surface area contributed by atoms with Gasteiger partial charge in [-0.1, -0.05) is 315 Å². The highest BCUT2D eigenvalue weighted by atomic mass is 15.2. The van der Waals surface area contributed by atoms with Gasteiger partial charge in [-0.2, -0.15) is 0 Å². The fourth-order valence-corrected chi connectivity index (χ4v) is 20.7. The molecule has 0 fully saturated rings. The molecule has 6 nitrogen and oxygen atoms in total. The molecule has 0 aliphatic carbocycles. The van der Waals surface area contributed by atoms with Crippen LogP contribution in [-0.2, 0) is 0 Å². The van der Waals surface area contributed by atoms with E-state index in [4.69, 9.17) is 0 Å². The number of hydrogen-bond donors (Lipinski definition) is 0. The van der Waals surface area contributed by atoms with E-state index in [0.29, 0.717) is 0 Å². The Morgan fingerprint density at radius 2 is 0.328 bits per heavy atom. The lowest BCUT2D eigenvalue weighted by atomic mass is 9.95. The Bertz CT molecular complexity index is 8690. The second kappa shape index (κ2) is 33.3. The summed E-state index contributed by atoms with van der Waals surface area (Å²) in [5.41, 5.74) is 35.1. The van der Waals surface area contributed by atoms with Crippen LogP contribution in [-0.4, -0.2) is 18.3 Å². The first kappa shape index (κ1) is 78.4. The van der Waals surface area contributed by atoms with E-state index in [-0.39, 0.29) is 0 Å². The topological polar surface area (TPSA) is 26.2 Å². The molecule has 0 unspecified atom stereocenters. The first-order chi connectivity index (χ1) is 66.5. The van der Waals surface area contributed by atoms with Gasteiger partial charge in [-0.3, -0.25) is 0 Å². The summed E-state index contributed by atoms with van der Waals surface area (Å²) >= 11 is 0. The van der Waals surface area contributed by atoms with Gasteiger partial charge in [-0.25, -0.2) is 0 Å². The third kappa shape index (κ3) is 13.9. The van der Waals surface area contributed by atoms with Gasteiger partial charge in [0, 0.05) is 100.0 Å². The third-order valence-electron chi connectivity index (χ3n) is 27.0. The van der Waals surface area contributed by atoms with Crippen LogP contribution in [0.3, 0.4) is 0 Å². The molecule has 6 heteroatoms. The number of nitrogens with zero attached hydrogens (tertiary/aromatic N) is 6. The monoisotopic (exact) mass is 1710 g/mol. The molecule has 0 bridgehead atoms. The second-order valence-corrected chi connectivity index (χ2v) is 34.7. The zero-order chi connectivity index (χ0) is 88.5. The highest BCUT2D eigenvalue weighted by molar-refractivity contribution is 6.16. The molecule has 0 atom stereocenters. The van der Waals surface area contributed by atoms with Crippen LogP contribution in [0.4, 0.5) is 34.1 Å². The standard InChI is InChI=1S/C68H45N3.C60H41N3/c1-3-19-52(20-4-1)69(54-34-29-46(30-35-54)49-31-40-66-62(43-49)61-25-11-12-28-65(61)70(66)53-21-5-2-6-22-53)55-36-38-56(39-37-55)71-67-41-32-50(59-26-13-17-47-15-7-9-23-57(47)59)44-63(67)64-45-51(33-42-68(64)71)60-27-14-18-48-16-8-10-24-58(48)60;1-5-15-42(16-6-1)45-27-37-59-55(40-45)56-41-46(43-17-7-2-8-18-43)28-38-60(56)63(59)52-34-32-51(33-35-52)61(48-19-9-3-10-20-48)50-30-25-44(26-31-50)47-29-36-58-54(39-47)53-23-13-14-24-57(53)62(58)49-21-11-4-12-22-49/h1-45H;1-41H. The largest absolute Gasteiger partial charge is 0.311 e. The highest BCUT2D eigenvalue weighted by Crippen LogP contribution is 2.47. The van der Waals surface area contributed by atoms with Crippen LogP contribution in [0.25, 0.3) is 198 Å². The van der Waals surface area contributed by atoms with Crippen LogP contribution in [0, 0.1) is 0 Å². The van der Waals surface area contributed by atoms with Gasteiger partial charge in [0.2, 0.25) is 0 Å². The van der Waals surface area contributed by atoms with Crippen molar-refractivity contribution in [1.82, 2.24) is 18.3 Å². The number of hydrogen-bond acceptors (Lipinski definition) is 2. The molecule has 628 valence electrons. The Balaban J connectivity index is 0.000000144. The SMILES string of the molecule is c1ccc(-c2ccc3c(c2)c2cc(-c4ccccc4)ccc2n3-c2ccc(N(c3ccccc3)c3ccc(-c4ccc5c(c4)c4ccccc4n5-c4ccccc4)cc3)cc2)cc1.c1ccc(N(c2ccc(-c3ccc4c(c3)c3ccccc3n4-c3ccccc3)cc2)c2ccc(-n3c4ccc(-c5cccc6ccccc56)cc4c4cc(-c5cccc6ccccc56)ccc43)cc2)cc1. The Morgan fingerprint density at radius 1 is 0.119 bits per heavy atom. The molecule has 4 heterocycles. The molecule has 0 saturated heterocycles. The Hall–Kier alpha value is -17.8. The lowest BCUT2D eigenvalue weighted by Crippen LogP contribution is -2.10. The predicted molar refractivity (Wildman–Crippen MR) is 567 cm³/mol. The fraction of sp³-hybridized carbons (Fsp3) is 0. The molecule has 0 aliphatic rings. The summed E-state index contributed by atoms with van der Waals surface area (Å²) in [5, 5.41) is 14.9. The zero-order valence-electron chi connectivity index (χ0n) is 73.3. The van der Waals surface area contributed by atoms with Crippen molar-refractivity contribution in [2.45, 2.75) is 0 Å². The molecule has 26 aromatic rings. The van der Waals surface area contributed by atoms with Crippen LogP contribution in [0.1, 0.15) is 0 Å². The average molecular weight is 1710 g/mol. The summed E-state index contributed by atoms with van der Waals surface area (Å²) in [4.78, 5) is 4.69. The first-order valence-corrected chi connectivity index (χ1v) is 46.0. The van der Waals surface area contributed by atoms with Crippen LogP contribution in [0.2, 0.25) is 0 Å². The minimum Gasteiger partial charge on any atom is -0.311 e. The van der Waals surface area contributed by atoms with Gasteiger partial charge in [-0.15, -0.1) is 0 Å². The van der Waals surface area contributed by atoms with Crippen molar-refractivity contribution in [2.75, 3.05) is 9.80 Å². The maximum Gasteiger partial charge on any atom is 0.0541 e. The lowest BCUT2D eigenvalue weighted by Gasteiger charge is -2.26. The van der Waals surface area contributed by atoms with Gasteiger partial charge in [-0.05, 0) is 295 Å². The Kier molecular flexibility index (Phi) is 19.5. The third-order valence-corrected chi connectivity index (χ3v) is 27.0. The lowest BCUT2D eigenvalue weighted by molar-refractivity contribution is 1.17. The molecule has 0 saturated carbocycles. The summed E-state index contributed by atoms with van der Waals surface area (Å²) in [7, 11) is 0. The number of rotatable bonds is 16. The molecule has 22 aromatic carbocycles. The van der Waals surface area contributed by atoms with Gasteiger partial charge in [0.15, 0.2) is 0 Å². The van der Waals surface area contributed by atoms with Crippen LogP contribution in [0.5, 0.6) is 0 Å². The Labute approximate surface area is 776 Å². The van der Waals surface area contributed by atoms with Crippen molar-refractivity contribution < 1.29 is 0 Å². The van der Waals surface area contributed by atoms with E-state index in [2.05, 4.69) is 550 Å². The maximum absolute atomic E-state index is 2.43. The van der Waals surface area contributed by atoms with Crippen LogP contribution >= 0.6 is 0 Å². The van der Waals surface area contributed by atoms with E-state index in [1.165, 1.54) is 181 Å². The molecule has 0 aliphatic heterocycles. The fourth-order valence-electron chi connectivity index (χ4n) is 20.7. The summed E-state index contributed by atoms with van der Waals surface area (Å²) in [6.45, 7) is 0. The molecule has 0 N–H and O–H groups in total. The molecule has 4 aromatic heterocycles. The molecular formula is C128H86N6. The average Bonchev–Trinajstić information content (AvgIpc) is 1.59. The van der Waals surface area contributed by atoms with Crippen LogP contribution in [0.15, 0.2) is 522 Å². The van der Waals surface area contributed by atoms with Gasteiger partial charge in [0.05, 0.1) is 44.1 Å². The van der Waals surface area contributed by atoms with Crippen molar-refractivity contribution in [1.29, 1.82) is 0 Å².